The summed E-state index contributed by atoms with van der Waals surface area (Å²) in [5.74, 6) is 0.0531. The van der Waals surface area contributed by atoms with Crippen molar-refractivity contribution in [2.45, 2.75) is 18.9 Å². The van der Waals surface area contributed by atoms with Gasteiger partial charge >= 0.3 is 0 Å². The van der Waals surface area contributed by atoms with Crippen LogP contribution < -0.4 is 5.73 Å². The van der Waals surface area contributed by atoms with E-state index in [4.69, 9.17) is 17.3 Å². The van der Waals surface area contributed by atoms with Crippen LogP contribution in [0.5, 0.6) is 0 Å². The molecule has 0 aliphatic rings. The molecule has 0 saturated heterocycles. The largest absolute Gasteiger partial charge is 0.321 e. The first-order valence-electron chi connectivity index (χ1n) is 5.71. The van der Waals surface area contributed by atoms with Crippen LogP contribution in [0.2, 0.25) is 4.34 Å². The number of nitrogens with two attached hydrogens (primary N) is 1. The minimum atomic E-state index is -0.451. The fourth-order valence-electron chi connectivity index (χ4n) is 1.73. The lowest BCUT2D eigenvalue weighted by atomic mass is 10.0. The first kappa shape index (κ1) is 13.3. The molecule has 2 nitrogen and oxygen atoms in total. The molecule has 0 amide bonds. The monoisotopic (exact) mass is 279 g/mol. The van der Waals surface area contributed by atoms with Crippen molar-refractivity contribution in [2.75, 3.05) is 0 Å². The zero-order valence-corrected chi connectivity index (χ0v) is 11.4. The molecule has 1 aromatic heterocycles. The van der Waals surface area contributed by atoms with Crippen LogP contribution in [0.3, 0.4) is 0 Å². The van der Waals surface area contributed by atoms with Crippen LogP contribution in [-0.4, -0.2) is 11.8 Å². The third-order valence-electron chi connectivity index (χ3n) is 2.69. The number of thiophene rings is 1. The van der Waals surface area contributed by atoms with Gasteiger partial charge in [0.25, 0.3) is 0 Å². The van der Waals surface area contributed by atoms with E-state index in [0.29, 0.717) is 17.2 Å². The second-order valence-electron chi connectivity index (χ2n) is 4.15. The van der Waals surface area contributed by atoms with Gasteiger partial charge in [0.2, 0.25) is 0 Å². The van der Waals surface area contributed by atoms with Crippen LogP contribution in [0.4, 0.5) is 0 Å². The number of halogens is 1. The second kappa shape index (κ2) is 6.14. The Labute approximate surface area is 115 Å². The van der Waals surface area contributed by atoms with Gasteiger partial charge in [-0.15, -0.1) is 11.3 Å². The Balaban J connectivity index is 1.93. The predicted molar refractivity (Wildman–Crippen MR) is 76.2 cm³/mol. The third kappa shape index (κ3) is 3.67. The van der Waals surface area contributed by atoms with Crippen LogP contribution in [0.25, 0.3) is 0 Å². The topological polar surface area (TPSA) is 43.1 Å². The van der Waals surface area contributed by atoms with Gasteiger partial charge in [0.1, 0.15) is 0 Å². The Kier molecular flexibility index (Phi) is 4.53. The summed E-state index contributed by atoms with van der Waals surface area (Å²) in [6, 6.07) is 13.0. The van der Waals surface area contributed by atoms with Crippen LogP contribution in [0, 0.1) is 0 Å². The van der Waals surface area contributed by atoms with E-state index in [2.05, 4.69) is 0 Å². The van der Waals surface area contributed by atoms with Crippen LogP contribution in [0.15, 0.2) is 42.5 Å². The maximum absolute atomic E-state index is 12.0. The van der Waals surface area contributed by atoms with Crippen LogP contribution in [-0.2, 0) is 17.6 Å². The van der Waals surface area contributed by atoms with Gasteiger partial charge in [0.05, 0.1) is 10.4 Å². The first-order chi connectivity index (χ1) is 8.65. The fourth-order valence-corrected chi connectivity index (χ4v) is 2.83. The summed E-state index contributed by atoms with van der Waals surface area (Å²) >= 11 is 7.26. The zero-order chi connectivity index (χ0) is 13.0. The molecular formula is C14H14ClNOS. The molecule has 0 aliphatic heterocycles. The molecule has 0 saturated carbocycles. The molecule has 1 aromatic carbocycles. The molecule has 0 fully saturated rings. The van der Waals surface area contributed by atoms with Gasteiger partial charge in [-0.25, -0.2) is 0 Å². The summed E-state index contributed by atoms with van der Waals surface area (Å²) in [5, 5.41) is 0. The van der Waals surface area contributed by atoms with Crippen LogP contribution >= 0.6 is 22.9 Å². The van der Waals surface area contributed by atoms with Crippen molar-refractivity contribution < 1.29 is 4.79 Å². The van der Waals surface area contributed by atoms with Crippen molar-refractivity contribution in [3.05, 3.63) is 57.2 Å². The minimum Gasteiger partial charge on any atom is -0.321 e. The minimum absolute atomic E-state index is 0.0531. The molecule has 18 heavy (non-hydrogen) atoms. The summed E-state index contributed by atoms with van der Waals surface area (Å²) in [4.78, 5) is 12.9. The number of Topliss-reactive ketones (excluding diaryl/α,β-unsaturated/α-hetero) is 1. The summed E-state index contributed by atoms with van der Waals surface area (Å²) in [5.41, 5.74) is 7.01. The molecule has 1 unspecified atom stereocenters. The Hall–Kier alpha value is -1.16. The first-order valence-corrected chi connectivity index (χ1v) is 6.91. The van der Waals surface area contributed by atoms with E-state index in [1.165, 1.54) is 11.3 Å². The molecule has 2 N–H and O–H groups in total. The van der Waals surface area contributed by atoms with E-state index in [9.17, 15) is 4.79 Å². The number of rotatable bonds is 5. The highest BCUT2D eigenvalue weighted by Crippen LogP contribution is 2.22. The van der Waals surface area contributed by atoms with Gasteiger partial charge in [0, 0.05) is 11.3 Å². The van der Waals surface area contributed by atoms with Crippen molar-refractivity contribution in [3.63, 3.8) is 0 Å². The molecule has 1 atom stereocenters. The summed E-state index contributed by atoms with van der Waals surface area (Å²) in [7, 11) is 0. The van der Waals surface area contributed by atoms with Crippen molar-refractivity contribution >= 4 is 28.7 Å². The highest BCUT2D eigenvalue weighted by Gasteiger charge is 2.15. The zero-order valence-electron chi connectivity index (χ0n) is 9.80. The highest BCUT2D eigenvalue weighted by molar-refractivity contribution is 7.16. The van der Waals surface area contributed by atoms with E-state index in [0.717, 1.165) is 10.4 Å². The average molecular weight is 280 g/mol. The maximum Gasteiger partial charge on any atom is 0.155 e. The van der Waals surface area contributed by atoms with Crippen molar-refractivity contribution in [1.29, 1.82) is 0 Å². The number of hydrogen-bond acceptors (Lipinski definition) is 3. The Morgan fingerprint density at radius 3 is 2.56 bits per heavy atom. The summed E-state index contributed by atoms with van der Waals surface area (Å²) in [6.45, 7) is 0. The molecule has 2 aromatic rings. The SMILES string of the molecule is NC(Cc1ccccc1)C(=O)Cc1ccc(Cl)s1. The van der Waals surface area contributed by atoms with E-state index < -0.39 is 6.04 Å². The van der Waals surface area contributed by atoms with Crippen molar-refractivity contribution in [3.8, 4) is 0 Å². The molecule has 0 aliphatic carbocycles. The molecule has 0 radical (unpaired) electrons. The van der Waals surface area contributed by atoms with Gasteiger partial charge in [-0.2, -0.15) is 0 Å². The molecule has 0 bridgehead atoms. The molecule has 0 spiro atoms. The standard InChI is InChI=1S/C14H14ClNOS/c15-14-7-6-11(18-14)9-13(17)12(16)8-10-4-2-1-3-5-10/h1-7,12H,8-9,16H2. The third-order valence-corrected chi connectivity index (χ3v) is 3.92. The van der Waals surface area contributed by atoms with E-state index in [-0.39, 0.29) is 5.78 Å². The van der Waals surface area contributed by atoms with Gasteiger partial charge in [-0.3, -0.25) is 4.79 Å². The fraction of sp³-hybridized carbons (Fsp3) is 0.214. The number of carbonyl (C=O) groups excluding carboxylic acids is 1. The predicted octanol–water partition coefficient (Wildman–Crippen LogP) is 3.08. The quantitative estimate of drug-likeness (QED) is 0.914. The van der Waals surface area contributed by atoms with Crippen LogP contribution in [0.1, 0.15) is 10.4 Å². The number of ketones is 1. The van der Waals surface area contributed by atoms with Crippen molar-refractivity contribution in [2.24, 2.45) is 5.73 Å². The molecule has 1 heterocycles. The Morgan fingerprint density at radius 1 is 1.22 bits per heavy atom. The highest BCUT2D eigenvalue weighted by atomic mass is 35.5. The smallest absolute Gasteiger partial charge is 0.155 e. The number of carbonyl (C=O) groups is 1. The number of benzene rings is 1. The molecule has 4 heteroatoms. The number of hydrogen-bond donors (Lipinski definition) is 1. The molecular weight excluding hydrogens is 266 g/mol. The average Bonchev–Trinajstić information content (AvgIpc) is 2.76. The Morgan fingerprint density at radius 2 is 1.94 bits per heavy atom. The molecule has 94 valence electrons. The molecule has 2 rings (SSSR count). The van der Waals surface area contributed by atoms with Gasteiger partial charge < -0.3 is 5.73 Å². The second-order valence-corrected chi connectivity index (χ2v) is 5.94. The lowest BCUT2D eigenvalue weighted by Gasteiger charge is -2.09. The van der Waals surface area contributed by atoms with E-state index in [1.54, 1.807) is 6.07 Å². The van der Waals surface area contributed by atoms with Gasteiger partial charge in [0.15, 0.2) is 5.78 Å². The Bertz CT molecular complexity index is 524. The van der Waals surface area contributed by atoms with Gasteiger partial charge in [-0.1, -0.05) is 41.9 Å². The summed E-state index contributed by atoms with van der Waals surface area (Å²) in [6.07, 6.45) is 0.949. The lowest BCUT2D eigenvalue weighted by molar-refractivity contribution is -0.119. The lowest BCUT2D eigenvalue weighted by Crippen LogP contribution is -2.33. The van der Waals surface area contributed by atoms with E-state index >= 15 is 0 Å². The normalized spacial score (nSPS) is 12.3. The summed E-state index contributed by atoms with van der Waals surface area (Å²) < 4.78 is 0.703. The van der Waals surface area contributed by atoms with Gasteiger partial charge in [-0.05, 0) is 24.1 Å². The maximum atomic E-state index is 12.0. The van der Waals surface area contributed by atoms with E-state index in [1.807, 2.05) is 36.4 Å². The van der Waals surface area contributed by atoms with Crippen molar-refractivity contribution in [1.82, 2.24) is 0 Å².